The van der Waals surface area contributed by atoms with Gasteiger partial charge in [0.2, 0.25) is 11.6 Å². The van der Waals surface area contributed by atoms with Gasteiger partial charge in [0.05, 0.1) is 75.1 Å². The van der Waals surface area contributed by atoms with Crippen LogP contribution in [-0.4, -0.2) is 58.5 Å². The van der Waals surface area contributed by atoms with Crippen molar-refractivity contribution in [3.05, 3.63) is 164 Å². The summed E-state index contributed by atoms with van der Waals surface area (Å²) < 4.78 is 135. The molecular formula is C41H27Cl4F6N8O7S2+. The average molecular weight is 1060 g/mol. The number of sulfonamides is 2. The third-order valence-corrected chi connectivity index (χ3v) is 13.3. The van der Waals surface area contributed by atoms with E-state index in [4.69, 9.17) is 46.4 Å². The van der Waals surface area contributed by atoms with Gasteiger partial charge in [0.1, 0.15) is 17.0 Å². The lowest BCUT2D eigenvalue weighted by Crippen LogP contribution is -2.31. The van der Waals surface area contributed by atoms with E-state index in [0.717, 1.165) is 30.5 Å². The summed E-state index contributed by atoms with van der Waals surface area (Å²) >= 11 is 23.5. The van der Waals surface area contributed by atoms with Gasteiger partial charge in [-0.25, -0.2) is 26.8 Å². The van der Waals surface area contributed by atoms with Gasteiger partial charge in [0.25, 0.3) is 20.0 Å². The van der Waals surface area contributed by atoms with Crippen LogP contribution in [-0.2, 0) is 32.4 Å². The fourth-order valence-electron chi connectivity index (χ4n) is 6.32. The van der Waals surface area contributed by atoms with Gasteiger partial charge in [-0.15, -0.1) is 0 Å². The van der Waals surface area contributed by atoms with E-state index in [9.17, 15) is 58.0 Å². The Labute approximate surface area is 399 Å². The average Bonchev–Trinajstić information content (AvgIpc) is 3.94. The van der Waals surface area contributed by atoms with E-state index in [2.05, 4.69) is 34.4 Å². The van der Waals surface area contributed by atoms with Crippen LogP contribution in [0.5, 0.6) is 0 Å². The quantitative estimate of drug-likeness (QED) is 0.0377. The summed E-state index contributed by atoms with van der Waals surface area (Å²) in [6, 6.07) is 12.5. The van der Waals surface area contributed by atoms with Gasteiger partial charge in [-0.2, -0.15) is 26.3 Å². The lowest BCUT2D eigenvalue weighted by atomic mass is 10.0. The van der Waals surface area contributed by atoms with Gasteiger partial charge < -0.3 is 10.2 Å². The first-order chi connectivity index (χ1) is 31.4. The maximum absolute atomic E-state index is 13.3. The minimum Gasteiger partial charge on any atom is -0.350 e. The molecule has 0 aliphatic carbocycles. The molecule has 0 atom stereocenters. The third kappa shape index (κ3) is 10.3. The molecule has 0 saturated heterocycles. The van der Waals surface area contributed by atoms with Crippen molar-refractivity contribution in [1.82, 2.24) is 24.9 Å². The molecule has 2 aromatic carbocycles. The molecule has 0 radical (unpaired) electrons. The van der Waals surface area contributed by atoms with Crippen LogP contribution in [0.1, 0.15) is 50.7 Å². The van der Waals surface area contributed by atoms with Crippen LogP contribution >= 0.6 is 46.4 Å². The number of hydrogen-bond donors (Lipinski definition) is 5. The van der Waals surface area contributed by atoms with Gasteiger partial charge in [-0.05, 0) is 77.5 Å². The van der Waals surface area contributed by atoms with Crippen molar-refractivity contribution in [1.29, 1.82) is 0 Å². The molecule has 5 N–H and O–H groups in total. The molecule has 8 aromatic rings. The molecule has 354 valence electrons. The molecule has 0 aliphatic rings. The van der Waals surface area contributed by atoms with Gasteiger partial charge in [0.15, 0.2) is 6.20 Å². The van der Waals surface area contributed by atoms with Crippen LogP contribution < -0.4 is 14.2 Å². The standard InChI is InChI=1S/C20H11Cl2F3N4O4S.C20H11Cl2F3N4O3S.CH4/c21-13-4-3-10(8-12(13)20(23,24)25)34(32,33)28-15-2-1-6-26-17(15)18(30)16-11-5-7-27-19(11)29(31)9-14(16)22;21-13-4-3-10(8-12(13)20(23,24)25)33(31,32)29-15-2-1-6-26-17(15)18(30)16-11-5-7-27-19(11)28-9-14(16)22;/h1-9,31H,(H,28,30);1-9,29H,(H,27,28);1H4/p+1. The van der Waals surface area contributed by atoms with Crippen LogP contribution in [0.2, 0.25) is 20.1 Å². The SMILES string of the molecule is C.O=C(c1ncccc1NS(=O)(=O)c1ccc(Cl)c(C(F)(F)F)c1)c1c(Cl)c[n+](O)c2[nH]ccc12.O=C(c1ncccc1NS(=O)(=O)c1ccc(Cl)c(C(F)(F)F)c1)c1c(Cl)cnc2[nH]ccc12. The molecule has 15 nitrogen and oxygen atoms in total. The Morgan fingerprint density at radius 2 is 1.07 bits per heavy atom. The van der Waals surface area contributed by atoms with E-state index >= 15 is 0 Å². The number of anilines is 2. The van der Waals surface area contributed by atoms with Crippen LogP contribution in [0, 0.1) is 0 Å². The normalized spacial score (nSPS) is 12.0. The summed E-state index contributed by atoms with van der Waals surface area (Å²) in [5.74, 6) is -1.50. The Bertz CT molecular complexity index is 3520. The lowest BCUT2D eigenvalue weighted by Gasteiger charge is -2.14. The highest BCUT2D eigenvalue weighted by atomic mass is 35.5. The number of halogens is 10. The predicted octanol–water partition coefficient (Wildman–Crippen LogP) is 10.4. The molecule has 0 spiro atoms. The second-order valence-electron chi connectivity index (χ2n) is 13.6. The van der Waals surface area contributed by atoms with Crippen LogP contribution in [0.25, 0.3) is 22.1 Å². The van der Waals surface area contributed by atoms with E-state index < -0.39 is 74.9 Å². The number of carbonyl (C=O) groups is 2. The maximum Gasteiger partial charge on any atom is 0.417 e. The van der Waals surface area contributed by atoms with Crippen molar-refractivity contribution in [2.75, 3.05) is 9.44 Å². The van der Waals surface area contributed by atoms with Crippen molar-refractivity contribution >= 4 is 111 Å². The number of alkyl halides is 6. The monoisotopic (exact) mass is 1060 g/mol. The Morgan fingerprint density at radius 1 is 0.618 bits per heavy atom. The molecule has 8 rings (SSSR count). The molecule has 0 fully saturated rings. The molecule has 0 bridgehead atoms. The molecule has 0 amide bonds. The Kier molecular flexibility index (Phi) is 14.4. The Balaban J connectivity index is 0.000000221. The highest BCUT2D eigenvalue weighted by molar-refractivity contribution is 7.93. The summed E-state index contributed by atoms with van der Waals surface area (Å²) in [6.45, 7) is 0. The summed E-state index contributed by atoms with van der Waals surface area (Å²) in [6.07, 6.45) is -1.94. The second kappa shape index (κ2) is 19.2. The zero-order valence-corrected chi connectivity index (χ0v) is 37.3. The summed E-state index contributed by atoms with van der Waals surface area (Å²) in [5.41, 5.74) is -3.37. The number of nitrogens with zero attached hydrogens (tertiary/aromatic N) is 4. The van der Waals surface area contributed by atoms with E-state index in [1.807, 2.05) is 0 Å². The summed E-state index contributed by atoms with van der Waals surface area (Å²) in [7, 11) is -9.13. The Hall–Kier alpha value is -6.50. The molecule has 0 aliphatic heterocycles. The number of hydrogen-bond acceptors (Lipinski definition) is 10. The smallest absolute Gasteiger partial charge is 0.350 e. The first-order valence-electron chi connectivity index (χ1n) is 18.2. The van der Waals surface area contributed by atoms with Gasteiger partial charge in [-0.1, -0.05) is 53.8 Å². The number of aromatic amines is 2. The van der Waals surface area contributed by atoms with E-state index in [0.29, 0.717) is 27.9 Å². The number of benzene rings is 2. The minimum absolute atomic E-state index is 0. The highest BCUT2D eigenvalue weighted by Gasteiger charge is 2.36. The van der Waals surface area contributed by atoms with Crippen LogP contribution in [0.3, 0.4) is 0 Å². The van der Waals surface area contributed by atoms with Gasteiger partial charge in [-0.3, -0.25) is 29.0 Å². The molecular weight excluding hydrogens is 1040 g/mol. The maximum atomic E-state index is 13.3. The van der Waals surface area contributed by atoms with E-state index in [-0.39, 0.29) is 62.4 Å². The number of H-pyrrole nitrogens is 2. The first kappa shape index (κ1) is 50.9. The molecule has 6 aromatic heterocycles. The topological polar surface area (TPSA) is 221 Å². The molecule has 27 heteroatoms. The lowest BCUT2D eigenvalue weighted by molar-refractivity contribution is -0.885. The predicted molar refractivity (Wildman–Crippen MR) is 238 cm³/mol. The molecule has 68 heavy (non-hydrogen) atoms. The third-order valence-electron chi connectivity index (χ3n) is 9.33. The fourth-order valence-corrected chi connectivity index (χ4v) is 9.47. The van der Waals surface area contributed by atoms with Gasteiger partial charge in [0, 0.05) is 30.2 Å². The second-order valence-corrected chi connectivity index (χ2v) is 18.6. The number of aromatic nitrogens is 6. The van der Waals surface area contributed by atoms with Crippen molar-refractivity contribution in [3.8, 4) is 0 Å². The highest BCUT2D eigenvalue weighted by Crippen LogP contribution is 2.38. The summed E-state index contributed by atoms with van der Waals surface area (Å²) in [4.78, 5) is 42.7. The number of carbonyl (C=O) groups excluding carboxylic acids is 2. The van der Waals surface area contributed by atoms with Crippen LogP contribution in [0.4, 0.5) is 37.7 Å². The zero-order chi connectivity index (χ0) is 48.8. The zero-order valence-electron chi connectivity index (χ0n) is 32.7. The minimum atomic E-state index is -4.88. The molecule has 0 saturated carbocycles. The molecule has 0 unspecified atom stereocenters. The molecule has 6 heterocycles. The number of rotatable bonds is 10. The van der Waals surface area contributed by atoms with E-state index in [1.54, 1.807) is 12.3 Å². The largest absolute Gasteiger partial charge is 0.417 e. The number of nitrogens with one attached hydrogen (secondary N) is 4. The Morgan fingerprint density at radius 3 is 1.56 bits per heavy atom. The number of ketones is 2. The number of fused-ring (bicyclic) bond motifs is 2. The summed E-state index contributed by atoms with van der Waals surface area (Å²) in [5, 5.41) is 9.11. The van der Waals surface area contributed by atoms with Crippen LogP contribution in [0.15, 0.2) is 120 Å². The van der Waals surface area contributed by atoms with Gasteiger partial charge >= 0.3 is 18.0 Å². The van der Waals surface area contributed by atoms with Crippen molar-refractivity contribution in [3.63, 3.8) is 0 Å². The number of pyridine rings is 4. The van der Waals surface area contributed by atoms with E-state index in [1.165, 1.54) is 55.1 Å². The van der Waals surface area contributed by atoms with Crippen molar-refractivity contribution < 1.29 is 62.7 Å². The van der Waals surface area contributed by atoms with Crippen molar-refractivity contribution in [2.45, 2.75) is 29.6 Å². The fraction of sp³-hybridized carbons (Fsp3) is 0.0732. The first-order valence-corrected chi connectivity index (χ1v) is 22.7. The van der Waals surface area contributed by atoms with Crippen molar-refractivity contribution in [2.24, 2.45) is 0 Å².